The van der Waals surface area contributed by atoms with Gasteiger partial charge < -0.3 is 102 Å². The van der Waals surface area contributed by atoms with E-state index in [9.17, 15) is 75.0 Å². The molecule has 3 rings (SSSR count). The lowest BCUT2D eigenvalue weighted by atomic mass is 9.82. The number of esters is 2. The molecule has 25 nitrogen and oxygen atoms in total. The van der Waals surface area contributed by atoms with Crippen LogP contribution in [0.4, 0.5) is 0 Å². The van der Waals surface area contributed by atoms with Crippen molar-refractivity contribution in [2.75, 3.05) is 26.7 Å². The molecule has 0 spiro atoms. The summed E-state index contributed by atoms with van der Waals surface area (Å²) in [5.74, 6) is -8.15. The van der Waals surface area contributed by atoms with Crippen LogP contribution in [0, 0.1) is 17.8 Å². The van der Waals surface area contributed by atoms with Gasteiger partial charge in [0.25, 0.3) is 0 Å². The standard InChI is InChI=1S/C58H93N5O20/c1-34-20-16-14-12-10-8-6-7-9-11-13-15-17-21-41(82-57-54(75)51(53(74)37(4)81-57)63-55(76)42(62-48(71)33-60)22-18-19-25-61-47(70)32-59)29-46-50(56(77)79-5)45(69)31-58(78,83-46)30-40(66)27-44(68)43(67)24-23-38(64)26-39(65)28-49(72)80-36(3)35(2)52(34)73/h6-17,20-21,34-46,50-54,57,64-69,73-75,78H,18-19,22-33,59-60H2,1-5H3,(H,61,70)(H,62,71)(H,63,76)/t34-,35-,36-,37+,38+,39+,40-,41-,42+,43+,44+,45-,46-,50+,51-,52+,53+,54-,57-,58+/m0/s1. The molecule has 0 radical (unpaired) electrons. The third-order valence-electron chi connectivity index (χ3n) is 14.7. The number of cyclic esters (lactones) is 1. The molecule has 17 N–H and O–H groups in total. The molecular formula is C58H93N5O20. The van der Waals surface area contributed by atoms with Crippen molar-refractivity contribution in [2.45, 2.75) is 202 Å². The number of aliphatic hydroxyl groups is 10. The number of hydrogen-bond acceptors (Lipinski definition) is 22. The molecular weight excluding hydrogens is 1090 g/mol. The highest BCUT2D eigenvalue weighted by molar-refractivity contribution is 5.88. The Labute approximate surface area is 485 Å². The monoisotopic (exact) mass is 1180 g/mol. The number of nitrogens with two attached hydrogens (primary N) is 2. The summed E-state index contributed by atoms with van der Waals surface area (Å²) in [7, 11) is 1.08. The SMILES string of the molecule is COC(=O)[C@H]1[C@@H]2C[C@@H](O[C@@H]3O[C@H](C)[C@@H](O)[C@H](NC(=O)[C@@H](CCCCNC(=O)CN)NC(=O)CN)[C@@H]3O)C=CC=CC=CC=CC=CC=CC=C[C@H](C)[C@@H](O)[C@@H](C)[C@H](C)OC(=O)C[C@H](O)C[C@H](O)CC[C@@H](O)[C@H](O)C[C@H](O)C[C@](O)(C[C@@H]1O)O2. The van der Waals surface area contributed by atoms with Crippen molar-refractivity contribution >= 4 is 29.7 Å². The van der Waals surface area contributed by atoms with E-state index in [2.05, 4.69) is 16.0 Å². The molecule has 20 atom stereocenters. The van der Waals surface area contributed by atoms with Gasteiger partial charge in [-0.25, -0.2) is 0 Å². The van der Waals surface area contributed by atoms with Crippen LogP contribution in [0.5, 0.6) is 0 Å². The molecule has 0 aromatic carbocycles. The second-order valence-electron chi connectivity index (χ2n) is 21.6. The zero-order valence-corrected chi connectivity index (χ0v) is 48.2. The topological polar surface area (TPSA) is 422 Å². The van der Waals surface area contributed by atoms with Crippen LogP contribution in [0.3, 0.4) is 0 Å². The number of hydrogen-bond donors (Lipinski definition) is 15. The quantitative estimate of drug-likeness (QED) is 0.0748. The van der Waals surface area contributed by atoms with Crippen molar-refractivity contribution in [1.82, 2.24) is 16.0 Å². The molecule has 0 aromatic rings. The molecule has 0 aromatic heterocycles. The normalized spacial score (nSPS) is 35.6. The van der Waals surface area contributed by atoms with Crippen molar-refractivity contribution in [2.24, 2.45) is 29.2 Å². The summed E-state index contributed by atoms with van der Waals surface area (Å²) in [4.78, 5) is 63.9. The van der Waals surface area contributed by atoms with Gasteiger partial charge in [-0.1, -0.05) is 98.9 Å². The van der Waals surface area contributed by atoms with E-state index in [-0.39, 0.29) is 57.0 Å². The smallest absolute Gasteiger partial charge is 0.313 e. The molecule has 3 aliphatic heterocycles. The summed E-state index contributed by atoms with van der Waals surface area (Å²) in [6, 6.07) is -2.65. The molecule has 2 saturated heterocycles. The Balaban J connectivity index is 1.97. The van der Waals surface area contributed by atoms with E-state index >= 15 is 0 Å². The minimum atomic E-state index is -2.38. The van der Waals surface area contributed by atoms with Crippen LogP contribution in [0.15, 0.2) is 85.1 Å². The summed E-state index contributed by atoms with van der Waals surface area (Å²) in [5, 5.41) is 119. The lowest BCUT2D eigenvalue weighted by Crippen LogP contribution is -2.66. The Bertz CT molecular complexity index is 2210. The second kappa shape index (κ2) is 37.4. The number of methoxy groups -OCH3 is 1. The van der Waals surface area contributed by atoms with E-state index in [1.807, 2.05) is 6.92 Å². The fourth-order valence-corrected chi connectivity index (χ4v) is 9.79. The molecule has 2 fully saturated rings. The van der Waals surface area contributed by atoms with Gasteiger partial charge in [-0.3, -0.25) is 24.0 Å². The Morgan fingerprint density at radius 1 is 0.687 bits per heavy atom. The zero-order chi connectivity index (χ0) is 61.8. The number of ether oxygens (including phenoxy) is 5. The predicted octanol–water partition coefficient (Wildman–Crippen LogP) is -1.35. The summed E-state index contributed by atoms with van der Waals surface area (Å²) >= 11 is 0. The maximum Gasteiger partial charge on any atom is 0.313 e. The van der Waals surface area contributed by atoms with E-state index in [1.165, 1.54) is 13.0 Å². The Morgan fingerprint density at radius 3 is 1.89 bits per heavy atom. The highest BCUT2D eigenvalue weighted by atomic mass is 16.7. The Hall–Kier alpha value is -5.07. The third-order valence-corrected chi connectivity index (χ3v) is 14.7. The summed E-state index contributed by atoms with van der Waals surface area (Å²) < 4.78 is 28.9. The van der Waals surface area contributed by atoms with E-state index in [0.717, 1.165) is 7.11 Å². The largest absolute Gasteiger partial charge is 0.469 e. The molecule has 0 unspecified atom stereocenters. The van der Waals surface area contributed by atoms with E-state index in [0.29, 0.717) is 12.8 Å². The number of aliphatic hydroxyl groups excluding tert-OH is 9. The van der Waals surface area contributed by atoms with Crippen LogP contribution in [0.1, 0.15) is 98.3 Å². The van der Waals surface area contributed by atoms with Gasteiger partial charge in [-0.05, 0) is 52.4 Å². The number of carbonyl (C=O) groups excluding carboxylic acids is 5. The summed E-state index contributed by atoms with van der Waals surface area (Å²) in [6.45, 7) is 6.23. The first-order valence-electron chi connectivity index (χ1n) is 28.4. The maximum atomic E-state index is 13.8. The van der Waals surface area contributed by atoms with Crippen molar-refractivity contribution in [3.05, 3.63) is 85.1 Å². The molecule has 25 heteroatoms. The lowest BCUT2D eigenvalue weighted by Gasteiger charge is -2.46. The summed E-state index contributed by atoms with van der Waals surface area (Å²) in [5.41, 5.74) is 10.9. The van der Waals surface area contributed by atoms with Crippen molar-refractivity contribution in [3.63, 3.8) is 0 Å². The molecule has 0 saturated carbocycles. The van der Waals surface area contributed by atoms with Crippen molar-refractivity contribution in [1.29, 1.82) is 0 Å². The Kier molecular flexibility index (Phi) is 32.5. The number of fused-ring (bicyclic) bond motifs is 2. The first-order valence-corrected chi connectivity index (χ1v) is 28.4. The van der Waals surface area contributed by atoms with Crippen LogP contribution in [-0.4, -0.2) is 211 Å². The molecule has 0 aliphatic carbocycles. The van der Waals surface area contributed by atoms with Gasteiger partial charge in [-0.15, -0.1) is 0 Å². The van der Waals surface area contributed by atoms with Gasteiger partial charge in [0.2, 0.25) is 17.7 Å². The number of rotatable bonds is 13. The van der Waals surface area contributed by atoms with Crippen LogP contribution in [-0.2, 0) is 47.7 Å². The molecule has 3 aliphatic rings. The molecule has 470 valence electrons. The van der Waals surface area contributed by atoms with Gasteiger partial charge >= 0.3 is 11.9 Å². The predicted molar refractivity (Wildman–Crippen MR) is 302 cm³/mol. The van der Waals surface area contributed by atoms with Gasteiger partial charge in [0.05, 0.1) is 93.7 Å². The van der Waals surface area contributed by atoms with Crippen LogP contribution >= 0.6 is 0 Å². The average Bonchev–Trinajstić information content (AvgIpc) is 3.48. The fraction of sp³-hybridized carbons (Fsp3) is 0.672. The number of nitrogens with one attached hydrogen (secondary N) is 3. The minimum Gasteiger partial charge on any atom is -0.469 e. The highest BCUT2D eigenvalue weighted by Crippen LogP contribution is 2.39. The molecule has 3 amide bonds. The molecule has 2 bridgehead atoms. The number of carbonyl (C=O) groups is 5. The van der Waals surface area contributed by atoms with Crippen LogP contribution in [0.25, 0.3) is 0 Å². The lowest BCUT2D eigenvalue weighted by molar-refractivity contribution is -0.309. The highest BCUT2D eigenvalue weighted by Gasteiger charge is 2.52. The third kappa shape index (κ3) is 25.6. The average molecular weight is 1180 g/mol. The Morgan fingerprint density at radius 2 is 1.29 bits per heavy atom. The van der Waals surface area contributed by atoms with E-state index < -0.39 is 171 Å². The van der Waals surface area contributed by atoms with Gasteiger partial charge in [0.15, 0.2) is 12.1 Å². The molecule has 3 heterocycles. The zero-order valence-electron chi connectivity index (χ0n) is 48.2. The van der Waals surface area contributed by atoms with Gasteiger partial charge in [0.1, 0.15) is 30.3 Å². The number of amides is 3. The van der Waals surface area contributed by atoms with Crippen molar-refractivity contribution < 1.29 is 98.7 Å². The van der Waals surface area contributed by atoms with Crippen LogP contribution < -0.4 is 27.4 Å². The van der Waals surface area contributed by atoms with Gasteiger partial charge in [0, 0.05) is 44.1 Å². The van der Waals surface area contributed by atoms with E-state index in [1.54, 1.807) is 92.8 Å². The maximum absolute atomic E-state index is 13.8. The number of unbranched alkanes of at least 4 members (excludes halogenated alkanes) is 1. The van der Waals surface area contributed by atoms with Crippen molar-refractivity contribution in [3.8, 4) is 0 Å². The minimum absolute atomic E-state index is 0.0756. The van der Waals surface area contributed by atoms with Crippen LogP contribution in [0.2, 0.25) is 0 Å². The van der Waals surface area contributed by atoms with Gasteiger partial charge in [-0.2, -0.15) is 0 Å². The number of allylic oxidation sites excluding steroid dienone is 12. The molecule has 83 heavy (non-hydrogen) atoms. The first-order chi connectivity index (χ1) is 39.3. The first kappa shape index (κ1) is 72.2. The second-order valence-corrected chi connectivity index (χ2v) is 21.6. The van der Waals surface area contributed by atoms with E-state index in [4.69, 9.17) is 35.2 Å². The fourth-order valence-electron chi connectivity index (χ4n) is 9.79. The summed E-state index contributed by atoms with van der Waals surface area (Å²) in [6.07, 6.45) is 2.30.